The molecule has 1 aliphatic carbocycles. The van der Waals surface area contributed by atoms with Crippen LogP contribution in [0.3, 0.4) is 0 Å². The number of hydrogen-bond acceptors (Lipinski definition) is 3. The second-order valence-electron chi connectivity index (χ2n) is 4.85. The van der Waals surface area contributed by atoms with Gasteiger partial charge in [-0.1, -0.05) is 30.9 Å². The van der Waals surface area contributed by atoms with E-state index in [9.17, 15) is 4.79 Å². The van der Waals surface area contributed by atoms with Gasteiger partial charge in [0.25, 0.3) is 0 Å². The molecule has 17 heavy (non-hydrogen) atoms. The van der Waals surface area contributed by atoms with Crippen LogP contribution in [0.25, 0.3) is 0 Å². The summed E-state index contributed by atoms with van der Waals surface area (Å²) in [7, 11) is 0. The number of thiophene rings is 1. The molecule has 0 spiro atoms. The van der Waals surface area contributed by atoms with Gasteiger partial charge in [-0.15, -0.1) is 11.3 Å². The van der Waals surface area contributed by atoms with Crippen molar-refractivity contribution in [3.8, 4) is 0 Å². The second-order valence-corrected chi connectivity index (χ2v) is 6.65. The van der Waals surface area contributed by atoms with Gasteiger partial charge in [0.05, 0.1) is 4.34 Å². The molecular weight excluding hydrogens is 254 g/mol. The van der Waals surface area contributed by atoms with Crippen molar-refractivity contribution in [2.75, 3.05) is 6.54 Å². The van der Waals surface area contributed by atoms with Gasteiger partial charge >= 0.3 is 0 Å². The Morgan fingerprint density at radius 2 is 2.06 bits per heavy atom. The SMILES string of the molecule is NCC1(C(=O)Cc2ccc(Cl)s2)CCCCC1. The molecule has 94 valence electrons. The molecule has 0 aromatic carbocycles. The molecule has 2 nitrogen and oxygen atoms in total. The van der Waals surface area contributed by atoms with Gasteiger partial charge in [0, 0.05) is 23.3 Å². The lowest BCUT2D eigenvalue weighted by Gasteiger charge is -2.34. The predicted molar refractivity (Wildman–Crippen MR) is 72.6 cm³/mol. The Hall–Kier alpha value is -0.380. The highest BCUT2D eigenvalue weighted by atomic mass is 35.5. The van der Waals surface area contributed by atoms with E-state index in [-0.39, 0.29) is 5.41 Å². The van der Waals surface area contributed by atoms with Crippen molar-refractivity contribution in [3.05, 3.63) is 21.3 Å². The molecule has 1 aromatic heterocycles. The highest BCUT2D eigenvalue weighted by Gasteiger charge is 2.37. The maximum Gasteiger partial charge on any atom is 0.145 e. The van der Waals surface area contributed by atoms with Crippen LogP contribution in [0.2, 0.25) is 4.34 Å². The lowest BCUT2D eigenvalue weighted by atomic mass is 9.70. The Morgan fingerprint density at radius 3 is 2.59 bits per heavy atom. The Morgan fingerprint density at radius 1 is 1.35 bits per heavy atom. The Bertz CT molecular complexity index is 396. The van der Waals surface area contributed by atoms with E-state index in [0.29, 0.717) is 18.7 Å². The smallest absolute Gasteiger partial charge is 0.145 e. The number of rotatable bonds is 4. The molecule has 2 N–H and O–H groups in total. The summed E-state index contributed by atoms with van der Waals surface area (Å²) < 4.78 is 0.748. The van der Waals surface area contributed by atoms with Crippen molar-refractivity contribution in [2.45, 2.75) is 38.5 Å². The van der Waals surface area contributed by atoms with Crippen LogP contribution in [0.4, 0.5) is 0 Å². The Labute approximate surface area is 111 Å². The van der Waals surface area contributed by atoms with Crippen molar-refractivity contribution >= 4 is 28.7 Å². The van der Waals surface area contributed by atoms with Gasteiger partial charge in [-0.25, -0.2) is 0 Å². The normalized spacial score (nSPS) is 19.2. The highest BCUT2D eigenvalue weighted by Crippen LogP contribution is 2.37. The van der Waals surface area contributed by atoms with E-state index in [0.717, 1.165) is 34.9 Å². The molecule has 0 saturated heterocycles. The summed E-state index contributed by atoms with van der Waals surface area (Å²) >= 11 is 7.37. The van der Waals surface area contributed by atoms with Gasteiger partial charge < -0.3 is 5.73 Å². The van der Waals surface area contributed by atoms with Gasteiger partial charge in [0.2, 0.25) is 0 Å². The van der Waals surface area contributed by atoms with Crippen molar-refractivity contribution in [1.29, 1.82) is 0 Å². The predicted octanol–water partition coefficient (Wildman–Crippen LogP) is 3.42. The van der Waals surface area contributed by atoms with Crippen LogP contribution in [-0.2, 0) is 11.2 Å². The average Bonchev–Trinajstić information content (AvgIpc) is 2.75. The molecule has 0 bridgehead atoms. The van der Waals surface area contributed by atoms with E-state index in [1.165, 1.54) is 17.8 Å². The molecule has 4 heteroatoms. The number of ketones is 1. The van der Waals surface area contributed by atoms with E-state index >= 15 is 0 Å². The first-order chi connectivity index (χ1) is 8.16. The minimum Gasteiger partial charge on any atom is -0.329 e. The van der Waals surface area contributed by atoms with Crippen molar-refractivity contribution in [2.24, 2.45) is 11.1 Å². The zero-order valence-electron chi connectivity index (χ0n) is 9.88. The van der Waals surface area contributed by atoms with Crippen LogP contribution in [-0.4, -0.2) is 12.3 Å². The lowest BCUT2D eigenvalue weighted by Crippen LogP contribution is -2.41. The van der Waals surface area contributed by atoms with Crippen molar-refractivity contribution in [3.63, 3.8) is 0 Å². The van der Waals surface area contributed by atoms with Crippen LogP contribution >= 0.6 is 22.9 Å². The maximum absolute atomic E-state index is 12.4. The number of hydrogen-bond donors (Lipinski definition) is 1. The topological polar surface area (TPSA) is 43.1 Å². The van der Waals surface area contributed by atoms with Crippen LogP contribution in [0.1, 0.15) is 37.0 Å². The number of halogens is 1. The summed E-state index contributed by atoms with van der Waals surface area (Å²) in [5.41, 5.74) is 5.60. The van der Waals surface area contributed by atoms with Gasteiger partial charge in [0.1, 0.15) is 5.78 Å². The fourth-order valence-corrected chi connectivity index (χ4v) is 3.70. The Kier molecular flexibility index (Phi) is 4.23. The van der Waals surface area contributed by atoms with Crippen LogP contribution in [0.5, 0.6) is 0 Å². The molecule has 0 unspecified atom stereocenters. The van der Waals surface area contributed by atoms with Gasteiger partial charge in [0.15, 0.2) is 0 Å². The molecule has 1 heterocycles. The Balaban J connectivity index is 2.07. The zero-order chi connectivity index (χ0) is 12.3. The largest absolute Gasteiger partial charge is 0.329 e. The van der Waals surface area contributed by atoms with Gasteiger partial charge in [-0.2, -0.15) is 0 Å². The third kappa shape index (κ3) is 2.90. The number of Topliss-reactive ketones (excluding diaryl/α,β-unsaturated/α-hetero) is 1. The zero-order valence-corrected chi connectivity index (χ0v) is 11.4. The average molecular weight is 272 g/mol. The first-order valence-corrected chi connectivity index (χ1v) is 7.33. The van der Waals surface area contributed by atoms with E-state index in [4.69, 9.17) is 17.3 Å². The molecule has 0 atom stereocenters. The second kappa shape index (κ2) is 5.51. The van der Waals surface area contributed by atoms with Crippen LogP contribution in [0, 0.1) is 5.41 Å². The third-order valence-electron chi connectivity index (χ3n) is 3.76. The van der Waals surface area contributed by atoms with Crippen LogP contribution in [0.15, 0.2) is 12.1 Å². The number of nitrogens with two attached hydrogens (primary N) is 1. The minimum atomic E-state index is -0.255. The quantitative estimate of drug-likeness (QED) is 0.912. The molecule has 0 aliphatic heterocycles. The molecule has 0 radical (unpaired) electrons. The fraction of sp³-hybridized carbons (Fsp3) is 0.615. The fourth-order valence-electron chi connectivity index (χ4n) is 2.62. The van der Waals surface area contributed by atoms with Gasteiger partial charge in [-0.05, 0) is 25.0 Å². The molecule has 0 amide bonds. The van der Waals surface area contributed by atoms with E-state index in [1.807, 2.05) is 12.1 Å². The van der Waals surface area contributed by atoms with Crippen molar-refractivity contribution in [1.82, 2.24) is 0 Å². The summed E-state index contributed by atoms with van der Waals surface area (Å²) in [4.78, 5) is 13.5. The standard InChI is InChI=1S/C13H18ClNOS/c14-12-5-4-10(17-12)8-11(16)13(9-15)6-2-1-3-7-13/h4-5H,1-3,6-9,15H2. The lowest BCUT2D eigenvalue weighted by molar-refractivity contribution is -0.129. The molecular formula is C13H18ClNOS. The molecule has 1 saturated carbocycles. The van der Waals surface area contributed by atoms with Gasteiger partial charge in [-0.3, -0.25) is 4.79 Å². The van der Waals surface area contributed by atoms with Crippen LogP contribution < -0.4 is 5.73 Å². The molecule has 1 aromatic rings. The monoisotopic (exact) mass is 271 g/mol. The minimum absolute atomic E-state index is 0.255. The first-order valence-electron chi connectivity index (χ1n) is 6.14. The van der Waals surface area contributed by atoms with E-state index in [1.54, 1.807) is 0 Å². The third-order valence-corrected chi connectivity index (χ3v) is 4.99. The van der Waals surface area contributed by atoms with E-state index in [2.05, 4.69) is 0 Å². The number of carbonyl (C=O) groups is 1. The summed E-state index contributed by atoms with van der Waals surface area (Å²) in [5, 5.41) is 0. The maximum atomic E-state index is 12.4. The molecule has 2 rings (SSSR count). The summed E-state index contributed by atoms with van der Waals surface area (Å²) in [5.74, 6) is 0.304. The summed E-state index contributed by atoms with van der Waals surface area (Å²) in [6.07, 6.45) is 5.92. The first kappa shape index (κ1) is 13.1. The molecule has 1 fully saturated rings. The summed E-state index contributed by atoms with van der Waals surface area (Å²) in [6.45, 7) is 0.491. The summed E-state index contributed by atoms with van der Waals surface area (Å²) in [6, 6.07) is 3.79. The molecule has 1 aliphatic rings. The van der Waals surface area contributed by atoms with E-state index < -0.39 is 0 Å². The van der Waals surface area contributed by atoms with Crippen molar-refractivity contribution < 1.29 is 4.79 Å². The number of carbonyl (C=O) groups excluding carboxylic acids is 1. The highest BCUT2D eigenvalue weighted by molar-refractivity contribution is 7.16.